The van der Waals surface area contributed by atoms with E-state index in [9.17, 15) is 46.1 Å². The highest BCUT2D eigenvalue weighted by molar-refractivity contribution is 5.68. The Morgan fingerprint density at radius 2 is 1.00 bits per heavy atom. The van der Waals surface area contributed by atoms with Crippen molar-refractivity contribution < 1.29 is 84.9 Å². The number of azide groups is 6. The first-order chi connectivity index (χ1) is 33.3. The minimum atomic E-state index is -3.82. The highest BCUT2D eigenvalue weighted by atomic mass is 19.3. The Balaban J connectivity index is 1.92. The van der Waals surface area contributed by atoms with Crippen LogP contribution in [-0.4, -0.2) is 160 Å². The lowest BCUT2D eigenvalue weighted by atomic mass is 9.83. The molecule has 1 aliphatic carbocycles. The van der Waals surface area contributed by atoms with Crippen molar-refractivity contribution >= 4 is 29.8 Å². The average molecular weight is 999 g/mol. The fourth-order valence-corrected chi connectivity index (χ4v) is 8.04. The molecule has 3 heterocycles. The van der Waals surface area contributed by atoms with Crippen molar-refractivity contribution in [3.63, 3.8) is 0 Å². The van der Waals surface area contributed by atoms with E-state index in [1.54, 1.807) is 0 Å². The van der Waals surface area contributed by atoms with Crippen molar-refractivity contribution in [2.75, 3.05) is 19.7 Å². The zero-order valence-electron chi connectivity index (χ0n) is 37.6. The Kier molecular flexibility index (Phi) is 20.1. The van der Waals surface area contributed by atoms with Crippen LogP contribution in [0, 0.1) is 5.92 Å². The summed E-state index contributed by atoms with van der Waals surface area (Å²) in [5.41, 5.74) is 56.5. The van der Waals surface area contributed by atoms with Gasteiger partial charge in [0.25, 0.3) is 5.92 Å². The van der Waals surface area contributed by atoms with Crippen LogP contribution in [-0.2, 0) is 76.1 Å². The van der Waals surface area contributed by atoms with Crippen molar-refractivity contribution in [2.45, 2.75) is 158 Å². The highest BCUT2D eigenvalue weighted by Crippen LogP contribution is 2.44. The summed E-state index contributed by atoms with van der Waals surface area (Å²) in [7, 11) is 0. The maximum Gasteiger partial charge on any atom is 0.303 e. The lowest BCUT2D eigenvalue weighted by Crippen LogP contribution is -2.64. The van der Waals surface area contributed by atoms with Gasteiger partial charge in [-0.05, 0) is 39.6 Å². The molecule has 380 valence electrons. The van der Waals surface area contributed by atoms with Crippen molar-refractivity contribution in [1.29, 1.82) is 0 Å². The second-order valence-corrected chi connectivity index (χ2v) is 15.4. The normalized spacial score (nSPS) is 35.1. The van der Waals surface area contributed by atoms with E-state index in [1.165, 1.54) is 0 Å². The van der Waals surface area contributed by atoms with Crippen LogP contribution in [0.1, 0.15) is 48.0 Å². The molecule has 36 heteroatoms. The molecule has 0 N–H and O–H groups in total. The van der Waals surface area contributed by atoms with Gasteiger partial charge in [-0.1, -0.05) is 37.6 Å². The van der Waals surface area contributed by atoms with Gasteiger partial charge in [-0.15, -0.1) is 0 Å². The Morgan fingerprint density at radius 3 is 1.56 bits per heavy atom. The Bertz CT molecular complexity index is 2250. The molecule has 0 aromatic carbocycles. The van der Waals surface area contributed by atoms with Gasteiger partial charge in [-0.25, -0.2) is 8.78 Å². The maximum absolute atomic E-state index is 15.7. The van der Waals surface area contributed by atoms with Crippen LogP contribution >= 0.6 is 0 Å². The summed E-state index contributed by atoms with van der Waals surface area (Å²) >= 11 is 0. The minimum absolute atomic E-state index is 0.502. The maximum atomic E-state index is 15.7. The van der Waals surface area contributed by atoms with E-state index in [4.69, 9.17) is 63.2 Å². The van der Waals surface area contributed by atoms with Gasteiger partial charge in [-0.3, -0.25) is 24.0 Å². The third kappa shape index (κ3) is 13.8. The van der Waals surface area contributed by atoms with Gasteiger partial charge >= 0.3 is 29.8 Å². The van der Waals surface area contributed by atoms with E-state index in [1.807, 2.05) is 0 Å². The first kappa shape index (κ1) is 55.4. The topological polar surface area (TPSA) is 479 Å². The number of carbonyl (C=O) groups is 5. The molecule has 0 aromatic rings. The molecule has 4 rings (SSSR count). The van der Waals surface area contributed by atoms with Gasteiger partial charge in [0.05, 0.1) is 37.3 Å². The molecule has 70 heavy (non-hydrogen) atoms. The summed E-state index contributed by atoms with van der Waals surface area (Å²) in [6.45, 7) is 3.44. The largest absolute Gasteiger partial charge is 0.463 e. The molecular formula is C34H44F2N18O16. The lowest BCUT2D eigenvalue weighted by molar-refractivity contribution is -0.324. The second-order valence-electron chi connectivity index (χ2n) is 15.4. The molecule has 0 unspecified atom stereocenters. The fourth-order valence-electron chi connectivity index (χ4n) is 8.04. The number of hydrogen-bond donors (Lipinski definition) is 0. The van der Waals surface area contributed by atoms with E-state index in [0.29, 0.717) is 0 Å². The van der Waals surface area contributed by atoms with Gasteiger partial charge in [0.2, 0.25) is 0 Å². The number of alkyl halides is 2. The number of hydrogen-bond acceptors (Lipinski definition) is 22. The molecule has 0 bridgehead atoms. The smallest absolute Gasteiger partial charge is 0.303 e. The summed E-state index contributed by atoms with van der Waals surface area (Å²) in [5, 5.41) is 21.2. The summed E-state index contributed by atoms with van der Waals surface area (Å²) in [5.74, 6) is -10.7. The molecule has 3 saturated heterocycles. The quantitative estimate of drug-likeness (QED) is 0.0528. The molecule has 3 aliphatic heterocycles. The Hall–Kier alpha value is -7.17. The van der Waals surface area contributed by atoms with E-state index < -0.39 is 172 Å². The second kappa shape index (κ2) is 25.4. The van der Waals surface area contributed by atoms with Crippen LogP contribution in [0.25, 0.3) is 62.7 Å². The number of rotatable bonds is 20. The van der Waals surface area contributed by atoms with Crippen molar-refractivity contribution in [3.8, 4) is 0 Å². The SMILES string of the molecule is CC(=O)OC[C@H]1O[C@@H](O[C@@H]2[C@@H](OC(C)=O)[C@H](N=[N+]=[N-])C[C@H](N=[N+]=[N-])[C@H]2O[C@H]2O[C@H](CN=[N+]=[N-])C(F)(F)[C@H](C)[C@H]2N=[N+]=[N-])[C@H](OC(C)=O)[C@@H]1O[C@H]1O[C@@H](CN=[N+]=[N-])[C@@H](OC(C)=O)[C@H](OC(C)=O)[C@H]1N=[N+]=[N-]. The summed E-state index contributed by atoms with van der Waals surface area (Å²) in [6, 6.07) is -6.75. The molecule has 18 atom stereocenters. The number of carbonyl (C=O) groups excluding carboxylic acids is 5. The molecule has 0 radical (unpaired) electrons. The number of halogens is 2. The first-order valence-electron chi connectivity index (χ1n) is 20.6. The van der Waals surface area contributed by atoms with Crippen LogP contribution in [0.4, 0.5) is 8.78 Å². The molecule has 1 saturated carbocycles. The summed E-state index contributed by atoms with van der Waals surface area (Å²) < 4.78 is 95.2. The van der Waals surface area contributed by atoms with Crippen LogP contribution in [0.2, 0.25) is 0 Å². The van der Waals surface area contributed by atoms with Gasteiger partial charge in [0.15, 0.2) is 37.2 Å². The third-order valence-corrected chi connectivity index (χ3v) is 10.8. The molecule has 34 nitrogen and oxygen atoms in total. The van der Waals surface area contributed by atoms with E-state index in [2.05, 4.69) is 60.2 Å². The highest BCUT2D eigenvalue weighted by Gasteiger charge is 2.60. The predicted molar refractivity (Wildman–Crippen MR) is 218 cm³/mol. The summed E-state index contributed by atoms with van der Waals surface area (Å²) in [6.07, 6.45) is -24.6. The zero-order valence-corrected chi connectivity index (χ0v) is 37.6. The average Bonchev–Trinajstić information content (AvgIpc) is 3.59. The van der Waals surface area contributed by atoms with Crippen molar-refractivity contribution in [3.05, 3.63) is 62.7 Å². The van der Waals surface area contributed by atoms with Gasteiger partial charge in [0, 0.05) is 70.0 Å². The van der Waals surface area contributed by atoms with E-state index >= 15 is 8.78 Å². The minimum Gasteiger partial charge on any atom is -0.463 e. The standard InChI is InChI=1S/C34H44F2N18O16/c1-11-22(47-53-41)31(67-21(9-44-50-38)34(11,35)36)68-25-18(46-52-40)7-17(45-51-39)24(61-13(3)56)29(25)70-33-30(64-16(6)59)27(20(66-33)10-60-12(2)55)69-32-23(48-54-42)28(63-15(5)58)26(62-14(4)57)19(65-32)8-43-49-37/h11,17-33H,7-10H2,1-6H3/t11-,17-,18+,19+,20-,21-,22-,23-,24+,25-,26-,27-,28-,29-,30-,31-,32-,33+/m1/s1. The molecule has 0 spiro atoms. The third-order valence-electron chi connectivity index (χ3n) is 10.8. The lowest BCUT2D eigenvalue weighted by Gasteiger charge is -2.48. The number of nitrogens with zero attached hydrogens (tertiary/aromatic N) is 18. The van der Waals surface area contributed by atoms with Crippen LogP contribution in [0.5, 0.6) is 0 Å². The Morgan fingerprint density at radius 1 is 0.529 bits per heavy atom. The van der Waals surface area contributed by atoms with E-state index in [-0.39, 0.29) is 0 Å². The molecule has 0 aromatic heterocycles. The van der Waals surface area contributed by atoms with Crippen LogP contribution in [0.15, 0.2) is 30.7 Å². The number of ether oxygens (including phenoxy) is 11. The number of esters is 5. The fraction of sp³-hybridized carbons (Fsp3) is 0.853. The molecule has 0 amide bonds. The van der Waals surface area contributed by atoms with Crippen LogP contribution in [0.3, 0.4) is 0 Å². The molecular weight excluding hydrogens is 954 g/mol. The predicted octanol–water partition coefficient (Wildman–Crippen LogP) is 4.62. The van der Waals surface area contributed by atoms with E-state index in [0.717, 1.165) is 41.5 Å². The zero-order chi connectivity index (χ0) is 51.9. The van der Waals surface area contributed by atoms with Crippen LogP contribution < -0.4 is 0 Å². The van der Waals surface area contributed by atoms with Gasteiger partial charge in [0.1, 0.15) is 49.3 Å². The summed E-state index contributed by atoms with van der Waals surface area (Å²) in [4.78, 5) is 78.7. The van der Waals surface area contributed by atoms with Gasteiger partial charge < -0.3 is 52.1 Å². The van der Waals surface area contributed by atoms with Crippen molar-refractivity contribution in [2.24, 2.45) is 36.6 Å². The first-order valence-corrected chi connectivity index (χ1v) is 20.6. The monoisotopic (exact) mass is 998 g/mol. The Labute approximate surface area is 391 Å². The molecule has 4 fully saturated rings. The molecule has 4 aliphatic rings. The van der Waals surface area contributed by atoms with Crippen molar-refractivity contribution in [1.82, 2.24) is 0 Å². The van der Waals surface area contributed by atoms with Gasteiger partial charge in [-0.2, -0.15) is 0 Å².